The second kappa shape index (κ2) is 4.58. The van der Waals surface area contributed by atoms with E-state index in [9.17, 15) is 4.79 Å². The Balaban J connectivity index is 2.60. The monoisotopic (exact) mass is 250 g/mol. The van der Waals surface area contributed by atoms with E-state index in [0.29, 0.717) is 22.3 Å². The van der Waals surface area contributed by atoms with Crippen LogP contribution in [0.2, 0.25) is 0 Å². The summed E-state index contributed by atoms with van der Waals surface area (Å²) in [5.41, 5.74) is 0.580. The first kappa shape index (κ1) is 11.7. The molecule has 0 unspecified atom stereocenters. The van der Waals surface area contributed by atoms with Gasteiger partial charge in [-0.05, 0) is 25.3 Å². The largest absolute Gasteiger partial charge is 0.478 e. The fraction of sp³-hybridized carbons (Fsp3) is 0.182. The standard InChI is InChI=1S/C11H10N2O3S/c1-6-8(11(14)15)10(17-2)13-9(12-6)7-4-3-5-16-7/h3-5H,1-2H3,(H,14,15). The molecule has 2 aromatic heterocycles. The SMILES string of the molecule is CSc1nc(-c2ccco2)nc(C)c1C(=O)O. The van der Waals surface area contributed by atoms with E-state index in [0.717, 1.165) is 0 Å². The summed E-state index contributed by atoms with van der Waals surface area (Å²) in [6, 6.07) is 3.47. The molecule has 0 amide bonds. The molecule has 2 rings (SSSR count). The third-order valence-electron chi connectivity index (χ3n) is 2.21. The van der Waals surface area contributed by atoms with Gasteiger partial charge in [-0.15, -0.1) is 11.8 Å². The van der Waals surface area contributed by atoms with Gasteiger partial charge in [-0.3, -0.25) is 0 Å². The molecular formula is C11H10N2O3S. The first-order valence-corrected chi connectivity index (χ1v) is 6.05. The highest BCUT2D eigenvalue weighted by Crippen LogP contribution is 2.24. The quantitative estimate of drug-likeness (QED) is 0.666. The second-order valence-electron chi connectivity index (χ2n) is 3.30. The number of carboxylic acid groups (broad SMARTS) is 1. The molecule has 0 spiro atoms. The van der Waals surface area contributed by atoms with Crippen molar-refractivity contribution >= 4 is 17.7 Å². The lowest BCUT2D eigenvalue weighted by Crippen LogP contribution is -2.07. The number of rotatable bonds is 3. The number of aromatic nitrogens is 2. The van der Waals surface area contributed by atoms with Gasteiger partial charge in [0.15, 0.2) is 11.6 Å². The van der Waals surface area contributed by atoms with Crippen molar-refractivity contribution in [3.05, 3.63) is 29.7 Å². The number of hydrogen-bond acceptors (Lipinski definition) is 5. The zero-order valence-electron chi connectivity index (χ0n) is 9.30. The summed E-state index contributed by atoms with van der Waals surface area (Å²) in [5.74, 6) is -0.0833. The lowest BCUT2D eigenvalue weighted by molar-refractivity contribution is 0.0690. The molecule has 0 aliphatic carbocycles. The van der Waals surface area contributed by atoms with Crippen molar-refractivity contribution < 1.29 is 14.3 Å². The number of aryl methyl sites for hydroxylation is 1. The van der Waals surface area contributed by atoms with E-state index in [1.807, 2.05) is 0 Å². The molecule has 2 heterocycles. The van der Waals surface area contributed by atoms with Gasteiger partial charge in [0.1, 0.15) is 10.6 Å². The molecule has 6 heteroatoms. The molecule has 1 N–H and O–H groups in total. The van der Waals surface area contributed by atoms with Gasteiger partial charge in [0.2, 0.25) is 0 Å². The molecule has 0 fully saturated rings. The topological polar surface area (TPSA) is 76.2 Å². The summed E-state index contributed by atoms with van der Waals surface area (Å²) in [4.78, 5) is 19.4. The van der Waals surface area contributed by atoms with E-state index < -0.39 is 5.97 Å². The predicted octanol–water partition coefficient (Wildman–Crippen LogP) is 2.47. The highest BCUT2D eigenvalue weighted by molar-refractivity contribution is 7.98. The van der Waals surface area contributed by atoms with E-state index >= 15 is 0 Å². The molecule has 0 radical (unpaired) electrons. The molecule has 5 nitrogen and oxygen atoms in total. The molecule has 0 bridgehead atoms. The summed E-state index contributed by atoms with van der Waals surface area (Å²) in [6.07, 6.45) is 3.30. The zero-order chi connectivity index (χ0) is 12.4. The smallest absolute Gasteiger partial charge is 0.340 e. The number of nitrogens with zero attached hydrogens (tertiary/aromatic N) is 2. The Hall–Kier alpha value is -1.82. The van der Waals surface area contributed by atoms with Crippen molar-refractivity contribution in [2.45, 2.75) is 11.9 Å². The normalized spacial score (nSPS) is 10.5. The fourth-order valence-electron chi connectivity index (χ4n) is 1.46. The third kappa shape index (κ3) is 2.16. The molecule has 88 valence electrons. The zero-order valence-corrected chi connectivity index (χ0v) is 10.1. The summed E-state index contributed by atoms with van der Waals surface area (Å²) in [5, 5.41) is 9.52. The Morgan fingerprint density at radius 3 is 2.76 bits per heavy atom. The van der Waals surface area contributed by atoms with Crippen molar-refractivity contribution in [3.8, 4) is 11.6 Å². The fourth-order valence-corrected chi connectivity index (χ4v) is 2.07. The molecule has 17 heavy (non-hydrogen) atoms. The van der Waals surface area contributed by atoms with Gasteiger partial charge in [0.25, 0.3) is 0 Å². The third-order valence-corrected chi connectivity index (χ3v) is 2.89. The number of aromatic carboxylic acids is 1. The van der Waals surface area contributed by atoms with Crippen LogP contribution in [0.1, 0.15) is 16.1 Å². The maximum atomic E-state index is 11.1. The maximum Gasteiger partial charge on any atom is 0.340 e. The van der Waals surface area contributed by atoms with Crippen molar-refractivity contribution in [1.29, 1.82) is 0 Å². The average molecular weight is 250 g/mol. The van der Waals surface area contributed by atoms with Crippen LogP contribution in [0.4, 0.5) is 0 Å². The number of carboxylic acids is 1. The van der Waals surface area contributed by atoms with Crippen LogP contribution in [-0.4, -0.2) is 27.3 Å². The Kier molecular flexibility index (Phi) is 3.14. The van der Waals surface area contributed by atoms with Gasteiger partial charge in [-0.25, -0.2) is 14.8 Å². The minimum atomic E-state index is -1.02. The summed E-state index contributed by atoms with van der Waals surface area (Å²) < 4.78 is 5.19. The first-order chi connectivity index (χ1) is 8.13. The van der Waals surface area contributed by atoms with Gasteiger partial charge in [-0.2, -0.15) is 0 Å². The van der Waals surface area contributed by atoms with Crippen LogP contribution in [0, 0.1) is 6.92 Å². The lowest BCUT2D eigenvalue weighted by Gasteiger charge is -2.06. The van der Waals surface area contributed by atoms with Crippen molar-refractivity contribution in [1.82, 2.24) is 9.97 Å². The van der Waals surface area contributed by atoms with Gasteiger partial charge < -0.3 is 9.52 Å². The van der Waals surface area contributed by atoms with E-state index in [-0.39, 0.29) is 5.56 Å². The Morgan fingerprint density at radius 1 is 1.47 bits per heavy atom. The molecule has 0 saturated heterocycles. The van der Waals surface area contributed by atoms with Crippen molar-refractivity contribution in [3.63, 3.8) is 0 Å². The highest BCUT2D eigenvalue weighted by atomic mass is 32.2. The molecule has 2 aromatic rings. The van der Waals surface area contributed by atoms with Crippen molar-refractivity contribution in [2.75, 3.05) is 6.26 Å². The molecular weight excluding hydrogens is 240 g/mol. The Labute approximate surface area is 102 Å². The second-order valence-corrected chi connectivity index (χ2v) is 4.09. The Morgan fingerprint density at radius 2 is 2.24 bits per heavy atom. The highest BCUT2D eigenvalue weighted by Gasteiger charge is 2.18. The lowest BCUT2D eigenvalue weighted by atomic mass is 10.2. The van der Waals surface area contributed by atoms with Crippen molar-refractivity contribution in [2.24, 2.45) is 0 Å². The van der Waals surface area contributed by atoms with Crippen LogP contribution < -0.4 is 0 Å². The van der Waals surface area contributed by atoms with E-state index in [2.05, 4.69) is 9.97 Å². The van der Waals surface area contributed by atoms with Crippen LogP contribution in [0.15, 0.2) is 27.8 Å². The number of hydrogen-bond donors (Lipinski definition) is 1. The maximum absolute atomic E-state index is 11.1. The van der Waals surface area contributed by atoms with Gasteiger partial charge in [-0.1, -0.05) is 0 Å². The van der Waals surface area contributed by atoms with Crippen LogP contribution in [0.3, 0.4) is 0 Å². The first-order valence-electron chi connectivity index (χ1n) is 4.83. The Bertz CT molecular complexity index is 552. The number of carbonyl (C=O) groups is 1. The van der Waals surface area contributed by atoms with E-state index in [4.69, 9.17) is 9.52 Å². The van der Waals surface area contributed by atoms with Crippen LogP contribution in [0.5, 0.6) is 0 Å². The molecule has 0 aromatic carbocycles. The summed E-state index contributed by atoms with van der Waals surface area (Å²) in [6.45, 7) is 1.65. The predicted molar refractivity (Wildman–Crippen MR) is 63.2 cm³/mol. The van der Waals surface area contributed by atoms with Crippen LogP contribution in [0.25, 0.3) is 11.6 Å². The van der Waals surface area contributed by atoms with E-state index in [1.54, 1.807) is 25.3 Å². The molecule has 0 aliphatic heterocycles. The summed E-state index contributed by atoms with van der Waals surface area (Å²) in [7, 11) is 0. The van der Waals surface area contributed by atoms with Crippen LogP contribution >= 0.6 is 11.8 Å². The average Bonchev–Trinajstić information content (AvgIpc) is 2.80. The van der Waals surface area contributed by atoms with E-state index in [1.165, 1.54) is 18.0 Å². The van der Waals surface area contributed by atoms with Gasteiger partial charge in [0.05, 0.1) is 12.0 Å². The molecule has 0 aliphatic rings. The summed E-state index contributed by atoms with van der Waals surface area (Å²) >= 11 is 1.28. The molecule has 0 saturated carbocycles. The number of furan rings is 1. The minimum Gasteiger partial charge on any atom is -0.478 e. The van der Waals surface area contributed by atoms with Gasteiger partial charge in [0, 0.05) is 0 Å². The number of thioether (sulfide) groups is 1. The van der Waals surface area contributed by atoms with Crippen LogP contribution in [-0.2, 0) is 0 Å². The molecule has 0 atom stereocenters. The minimum absolute atomic E-state index is 0.146. The van der Waals surface area contributed by atoms with Gasteiger partial charge >= 0.3 is 5.97 Å².